The van der Waals surface area contributed by atoms with Gasteiger partial charge in [-0.25, -0.2) is 0 Å². The third kappa shape index (κ3) is 3.43. The first kappa shape index (κ1) is 11.8. The second-order valence-corrected chi connectivity index (χ2v) is 4.20. The van der Waals surface area contributed by atoms with Crippen molar-refractivity contribution >= 4 is 23.4 Å². The second-order valence-electron chi connectivity index (χ2n) is 3.29. The van der Waals surface area contributed by atoms with Crippen LogP contribution in [0.3, 0.4) is 0 Å². The molecule has 82 valence electrons. The van der Waals surface area contributed by atoms with Crippen LogP contribution in [-0.4, -0.2) is 28.9 Å². The smallest absolute Gasteiger partial charge is 0.253 e. The summed E-state index contributed by atoms with van der Waals surface area (Å²) in [5.41, 5.74) is 6.54. The molecule has 15 heavy (non-hydrogen) atoms. The van der Waals surface area contributed by atoms with Crippen molar-refractivity contribution in [2.45, 2.75) is 13.0 Å². The Morgan fingerprint density at radius 2 is 2.47 bits per heavy atom. The normalized spacial score (nSPS) is 12.1. The summed E-state index contributed by atoms with van der Waals surface area (Å²) in [6.45, 7) is 1.96. The Labute approximate surface area is 93.7 Å². The van der Waals surface area contributed by atoms with E-state index in [0.717, 1.165) is 5.75 Å². The van der Waals surface area contributed by atoms with Crippen LogP contribution in [-0.2, 0) is 0 Å². The summed E-state index contributed by atoms with van der Waals surface area (Å²) in [6.07, 6.45) is 5.04. The summed E-state index contributed by atoms with van der Waals surface area (Å²) in [5.74, 6) is 0.743. The van der Waals surface area contributed by atoms with Crippen molar-refractivity contribution in [3.63, 3.8) is 0 Å². The van der Waals surface area contributed by atoms with E-state index >= 15 is 0 Å². The molecule has 0 saturated heterocycles. The first-order valence-electron chi connectivity index (χ1n) is 4.64. The lowest BCUT2D eigenvalue weighted by atomic mass is 10.2. The highest BCUT2D eigenvalue weighted by Crippen LogP contribution is 2.08. The van der Waals surface area contributed by atoms with Crippen LogP contribution in [0.5, 0.6) is 0 Å². The first-order valence-corrected chi connectivity index (χ1v) is 6.03. The molecule has 5 heteroatoms. The maximum Gasteiger partial charge on any atom is 0.253 e. The van der Waals surface area contributed by atoms with Crippen molar-refractivity contribution < 1.29 is 4.79 Å². The number of rotatable bonds is 4. The van der Waals surface area contributed by atoms with Gasteiger partial charge in [-0.05, 0) is 19.2 Å². The number of aromatic nitrogens is 1. The van der Waals surface area contributed by atoms with Gasteiger partial charge < -0.3 is 11.1 Å². The zero-order valence-corrected chi connectivity index (χ0v) is 9.67. The van der Waals surface area contributed by atoms with Gasteiger partial charge in [0.05, 0.1) is 17.4 Å². The quantitative estimate of drug-likeness (QED) is 0.806. The van der Waals surface area contributed by atoms with Crippen LogP contribution >= 0.6 is 11.8 Å². The van der Waals surface area contributed by atoms with E-state index in [9.17, 15) is 4.79 Å². The maximum atomic E-state index is 11.7. The van der Waals surface area contributed by atoms with Crippen LogP contribution < -0.4 is 11.1 Å². The van der Waals surface area contributed by atoms with Crippen LogP contribution in [0.1, 0.15) is 17.3 Å². The predicted octanol–water partition coefficient (Wildman–Crippen LogP) is 1.15. The number of amides is 1. The number of pyridine rings is 1. The standard InChI is InChI=1S/C10H15N3OS/c1-7(6-15-2)13-10(14)8-3-4-12-5-9(8)11/h3-5,7H,6,11H2,1-2H3,(H,13,14). The fourth-order valence-electron chi connectivity index (χ4n) is 1.21. The summed E-state index contributed by atoms with van der Waals surface area (Å²) in [5, 5.41) is 2.87. The largest absolute Gasteiger partial charge is 0.397 e. The minimum Gasteiger partial charge on any atom is -0.397 e. The SMILES string of the molecule is CSCC(C)NC(=O)c1ccncc1N. The molecule has 0 saturated carbocycles. The molecule has 4 nitrogen and oxygen atoms in total. The highest BCUT2D eigenvalue weighted by molar-refractivity contribution is 7.98. The molecule has 1 rings (SSSR count). The lowest BCUT2D eigenvalue weighted by Gasteiger charge is -2.13. The molecule has 0 fully saturated rings. The fraction of sp³-hybridized carbons (Fsp3) is 0.400. The van der Waals surface area contributed by atoms with Gasteiger partial charge in [0.15, 0.2) is 0 Å². The Balaban J connectivity index is 2.65. The third-order valence-corrected chi connectivity index (χ3v) is 2.72. The van der Waals surface area contributed by atoms with Gasteiger partial charge in [0, 0.05) is 18.0 Å². The molecular weight excluding hydrogens is 210 g/mol. The predicted molar refractivity (Wildman–Crippen MR) is 64.0 cm³/mol. The van der Waals surface area contributed by atoms with E-state index in [2.05, 4.69) is 10.3 Å². The third-order valence-electron chi connectivity index (χ3n) is 1.89. The highest BCUT2D eigenvalue weighted by Gasteiger charge is 2.11. The molecule has 1 aromatic heterocycles. The molecule has 0 aromatic carbocycles. The van der Waals surface area contributed by atoms with E-state index < -0.39 is 0 Å². The van der Waals surface area contributed by atoms with Crippen LogP contribution in [0.25, 0.3) is 0 Å². The first-order chi connectivity index (χ1) is 7.15. The number of hydrogen-bond donors (Lipinski definition) is 2. The number of anilines is 1. The summed E-state index contributed by atoms with van der Waals surface area (Å²) >= 11 is 1.69. The summed E-state index contributed by atoms with van der Waals surface area (Å²) in [4.78, 5) is 15.6. The average molecular weight is 225 g/mol. The van der Waals surface area contributed by atoms with Crippen molar-refractivity contribution in [3.8, 4) is 0 Å². The van der Waals surface area contributed by atoms with Crippen molar-refractivity contribution in [2.75, 3.05) is 17.7 Å². The van der Waals surface area contributed by atoms with Gasteiger partial charge in [0.2, 0.25) is 0 Å². The lowest BCUT2D eigenvalue weighted by Crippen LogP contribution is -2.34. The van der Waals surface area contributed by atoms with E-state index in [-0.39, 0.29) is 11.9 Å². The highest BCUT2D eigenvalue weighted by atomic mass is 32.2. The number of nitrogen functional groups attached to an aromatic ring is 1. The molecule has 0 spiro atoms. The molecule has 1 heterocycles. The average Bonchev–Trinajstić information content (AvgIpc) is 2.18. The molecule has 1 aromatic rings. The number of nitrogens with one attached hydrogen (secondary N) is 1. The summed E-state index contributed by atoms with van der Waals surface area (Å²) in [6, 6.07) is 1.76. The van der Waals surface area contributed by atoms with E-state index in [1.807, 2.05) is 13.2 Å². The minimum atomic E-state index is -0.142. The van der Waals surface area contributed by atoms with Gasteiger partial charge in [0.25, 0.3) is 5.91 Å². The summed E-state index contributed by atoms with van der Waals surface area (Å²) < 4.78 is 0. The number of nitrogens with zero attached hydrogens (tertiary/aromatic N) is 1. The van der Waals surface area contributed by atoms with Crippen molar-refractivity contribution in [1.82, 2.24) is 10.3 Å². The van der Waals surface area contributed by atoms with Gasteiger partial charge >= 0.3 is 0 Å². The maximum absolute atomic E-state index is 11.7. The molecule has 0 bridgehead atoms. The van der Waals surface area contributed by atoms with E-state index in [4.69, 9.17) is 5.73 Å². The number of nitrogens with two attached hydrogens (primary N) is 1. The second kappa shape index (κ2) is 5.60. The Morgan fingerprint density at radius 1 is 1.73 bits per heavy atom. The number of carbonyl (C=O) groups excluding carboxylic acids is 1. The van der Waals surface area contributed by atoms with Crippen molar-refractivity contribution in [1.29, 1.82) is 0 Å². The van der Waals surface area contributed by atoms with Gasteiger partial charge in [-0.2, -0.15) is 11.8 Å². The molecular formula is C10H15N3OS. The topological polar surface area (TPSA) is 68.0 Å². The zero-order valence-electron chi connectivity index (χ0n) is 8.86. The molecule has 0 radical (unpaired) electrons. The monoisotopic (exact) mass is 225 g/mol. The minimum absolute atomic E-state index is 0.139. The van der Waals surface area contributed by atoms with Gasteiger partial charge in [0.1, 0.15) is 0 Å². The lowest BCUT2D eigenvalue weighted by molar-refractivity contribution is 0.0944. The van der Waals surface area contributed by atoms with E-state index in [0.29, 0.717) is 11.3 Å². The van der Waals surface area contributed by atoms with Crippen LogP contribution in [0.4, 0.5) is 5.69 Å². The molecule has 3 N–H and O–H groups in total. The molecule has 1 amide bonds. The van der Waals surface area contributed by atoms with E-state index in [1.54, 1.807) is 24.0 Å². The molecule has 0 aliphatic carbocycles. The number of thioether (sulfide) groups is 1. The van der Waals surface area contributed by atoms with Crippen LogP contribution in [0, 0.1) is 0 Å². The van der Waals surface area contributed by atoms with E-state index in [1.165, 1.54) is 6.20 Å². The van der Waals surface area contributed by atoms with Gasteiger partial charge in [-0.3, -0.25) is 9.78 Å². The number of hydrogen-bond acceptors (Lipinski definition) is 4. The molecule has 1 atom stereocenters. The van der Waals surface area contributed by atoms with Gasteiger partial charge in [-0.1, -0.05) is 0 Å². The Hall–Kier alpha value is -1.23. The van der Waals surface area contributed by atoms with Crippen LogP contribution in [0.15, 0.2) is 18.5 Å². The van der Waals surface area contributed by atoms with Crippen molar-refractivity contribution in [2.24, 2.45) is 0 Å². The molecule has 1 unspecified atom stereocenters. The molecule has 0 aliphatic heterocycles. The fourth-order valence-corrected chi connectivity index (χ4v) is 1.79. The van der Waals surface area contributed by atoms with Gasteiger partial charge in [-0.15, -0.1) is 0 Å². The van der Waals surface area contributed by atoms with Crippen molar-refractivity contribution in [3.05, 3.63) is 24.0 Å². The Kier molecular flexibility index (Phi) is 4.42. The Bertz CT molecular complexity index is 343. The number of carbonyl (C=O) groups is 1. The Morgan fingerprint density at radius 3 is 3.07 bits per heavy atom. The summed E-state index contributed by atoms with van der Waals surface area (Å²) in [7, 11) is 0. The molecule has 0 aliphatic rings. The van der Waals surface area contributed by atoms with Crippen LogP contribution in [0.2, 0.25) is 0 Å². The zero-order chi connectivity index (χ0) is 11.3.